The van der Waals surface area contributed by atoms with Crippen molar-refractivity contribution < 1.29 is 4.84 Å². The van der Waals surface area contributed by atoms with E-state index in [1.54, 1.807) is 12.2 Å². The second-order valence-electron chi connectivity index (χ2n) is 3.72. The van der Waals surface area contributed by atoms with Crippen LogP contribution in [0, 0.1) is 0 Å². The van der Waals surface area contributed by atoms with Crippen molar-refractivity contribution in [2.45, 2.75) is 13.3 Å². The Labute approximate surface area is 100.0 Å². The molecule has 0 saturated carbocycles. The molecule has 2 aromatic rings. The van der Waals surface area contributed by atoms with Gasteiger partial charge in [-0.2, -0.15) is 9.97 Å². The smallest absolute Gasteiger partial charge is 0.226 e. The molecule has 0 aliphatic carbocycles. The maximum absolute atomic E-state index is 5.17. The molecule has 0 fully saturated rings. The van der Waals surface area contributed by atoms with Gasteiger partial charge < -0.3 is 10.3 Å². The predicted molar refractivity (Wildman–Crippen MR) is 68.1 cm³/mol. The SMILES string of the molecule is CCCNc1nc(N(C)OC)c2cc[nH]c2n1. The third-order valence-corrected chi connectivity index (χ3v) is 2.50. The number of nitrogens with zero attached hydrogens (tertiary/aromatic N) is 3. The van der Waals surface area contributed by atoms with Gasteiger partial charge in [0.2, 0.25) is 5.95 Å². The molecule has 2 aromatic heterocycles. The molecule has 0 aliphatic heterocycles. The predicted octanol–water partition coefficient (Wildman–Crippen LogP) is 1.78. The zero-order valence-corrected chi connectivity index (χ0v) is 10.3. The van der Waals surface area contributed by atoms with E-state index >= 15 is 0 Å². The van der Waals surface area contributed by atoms with E-state index in [2.05, 4.69) is 27.2 Å². The van der Waals surface area contributed by atoms with Crippen LogP contribution in [0.4, 0.5) is 11.8 Å². The molecule has 0 unspecified atom stereocenters. The summed E-state index contributed by atoms with van der Waals surface area (Å²) in [6, 6.07) is 1.93. The number of aromatic amines is 1. The van der Waals surface area contributed by atoms with Crippen molar-refractivity contribution in [3.8, 4) is 0 Å². The summed E-state index contributed by atoms with van der Waals surface area (Å²) in [5.74, 6) is 1.36. The molecule has 6 nitrogen and oxygen atoms in total. The summed E-state index contributed by atoms with van der Waals surface area (Å²) in [5, 5.41) is 5.73. The van der Waals surface area contributed by atoms with E-state index in [0.29, 0.717) is 5.95 Å². The van der Waals surface area contributed by atoms with Crippen molar-refractivity contribution in [1.29, 1.82) is 0 Å². The number of rotatable bonds is 5. The molecule has 0 radical (unpaired) electrons. The maximum atomic E-state index is 5.17. The van der Waals surface area contributed by atoms with Crippen LogP contribution in [0.25, 0.3) is 11.0 Å². The Morgan fingerprint density at radius 2 is 2.29 bits per heavy atom. The Morgan fingerprint density at radius 3 is 3.00 bits per heavy atom. The van der Waals surface area contributed by atoms with Crippen LogP contribution in [0.3, 0.4) is 0 Å². The van der Waals surface area contributed by atoms with E-state index in [9.17, 15) is 0 Å². The van der Waals surface area contributed by atoms with Gasteiger partial charge in [-0.05, 0) is 12.5 Å². The fraction of sp³-hybridized carbons (Fsp3) is 0.455. The van der Waals surface area contributed by atoms with Gasteiger partial charge in [0, 0.05) is 19.8 Å². The van der Waals surface area contributed by atoms with Crippen molar-refractivity contribution in [2.24, 2.45) is 0 Å². The highest BCUT2D eigenvalue weighted by atomic mass is 16.7. The third kappa shape index (κ3) is 2.31. The van der Waals surface area contributed by atoms with Gasteiger partial charge in [-0.3, -0.25) is 4.84 Å². The zero-order valence-electron chi connectivity index (χ0n) is 10.3. The van der Waals surface area contributed by atoms with E-state index in [1.807, 2.05) is 19.3 Å². The largest absolute Gasteiger partial charge is 0.354 e. The van der Waals surface area contributed by atoms with Gasteiger partial charge in [0.15, 0.2) is 5.82 Å². The van der Waals surface area contributed by atoms with Crippen LogP contribution in [0.5, 0.6) is 0 Å². The van der Waals surface area contributed by atoms with Gasteiger partial charge in [0.1, 0.15) is 5.65 Å². The summed E-state index contributed by atoms with van der Waals surface area (Å²) < 4.78 is 0. The molecule has 0 bridgehead atoms. The lowest BCUT2D eigenvalue weighted by atomic mass is 10.4. The molecule has 92 valence electrons. The van der Waals surface area contributed by atoms with E-state index in [4.69, 9.17) is 4.84 Å². The van der Waals surface area contributed by atoms with Crippen LogP contribution in [-0.2, 0) is 4.84 Å². The topological polar surface area (TPSA) is 66.1 Å². The molecule has 0 atom stereocenters. The molecule has 0 aliphatic rings. The third-order valence-electron chi connectivity index (χ3n) is 2.50. The fourth-order valence-corrected chi connectivity index (χ4v) is 1.57. The summed E-state index contributed by atoms with van der Waals surface area (Å²) in [5.41, 5.74) is 0.803. The second kappa shape index (κ2) is 5.01. The molecular weight excluding hydrogens is 218 g/mol. The highest BCUT2D eigenvalue weighted by molar-refractivity contribution is 5.88. The number of nitrogens with one attached hydrogen (secondary N) is 2. The number of aromatic nitrogens is 3. The first kappa shape index (κ1) is 11.7. The lowest BCUT2D eigenvalue weighted by Gasteiger charge is -2.16. The Morgan fingerprint density at radius 1 is 1.47 bits per heavy atom. The number of hydrogen-bond acceptors (Lipinski definition) is 5. The van der Waals surface area contributed by atoms with Gasteiger partial charge in [-0.1, -0.05) is 6.92 Å². The second-order valence-corrected chi connectivity index (χ2v) is 3.72. The Kier molecular flexibility index (Phi) is 3.43. The number of hydroxylamine groups is 1. The number of H-pyrrole nitrogens is 1. The quantitative estimate of drug-likeness (QED) is 0.773. The normalized spacial score (nSPS) is 10.8. The van der Waals surface area contributed by atoms with Crippen molar-refractivity contribution in [3.63, 3.8) is 0 Å². The number of anilines is 2. The number of fused-ring (bicyclic) bond motifs is 1. The highest BCUT2D eigenvalue weighted by Gasteiger charge is 2.11. The van der Waals surface area contributed by atoms with E-state index in [1.165, 1.54) is 0 Å². The van der Waals surface area contributed by atoms with Crippen molar-refractivity contribution in [3.05, 3.63) is 12.3 Å². The van der Waals surface area contributed by atoms with E-state index in [-0.39, 0.29) is 0 Å². The fourth-order valence-electron chi connectivity index (χ4n) is 1.57. The summed E-state index contributed by atoms with van der Waals surface area (Å²) >= 11 is 0. The first-order valence-corrected chi connectivity index (χ1v) is 5.63. The first-order valence-electron chi connectivity index (χ1n) is 5.63. The monoisotopic (exact) mass is 235 g/mol. The lowest BCUT2D eigenvalue weighted by molar-refractivity contribution is 0.183. The lowest BCUT2D eigenvalue weighted by Crippen LogP contribution is -2.18. The summed E-state index contributed by atoms with van der Waals surface area (Å²) in [6.45, 7) is 2.95. The zero-order chi connectivity index (χ0) is 12.3. The van der Waals surface area contributed by atoms with Gasteiger partial charge in [-0.15, -0.1) is 0 Å². The van der Waals surface area contributed by atoms with Crippen LogP contribution in [0.15, 0.2) is 12.3 Å². The van der Waals surface area contributed by atoms with Crippen LogP contribution >= 0.6 is 0 Å². The van der Waals surface area contributed by atoms with Crippen LogP contribution in [-0.4, -0.2) is 35.7 Å². The van der Waals surface area contributed by atoms with Gasteiger partial charge in [-0.25, -0.2) is 5.06 Å². The molecule has 2 rings (SSSR count). The Hall–Kier alpha value is -1.82. The minimum absolute atomic E-state index is 0.612. The molecule has 2 N–H and O–H groups in total. The average molecular weight is 235 g/mol. The van der Waals surface area contributed by atoms with E-state index < -0.39 is 0 Å². The minimum atomic E-state index is 0.612. The molecule has 0 saturated heterocycles. The van der Waals surface area contributed by atoms with Crippen molar-refractivity contribution in [1.82, 2.24) is 15.0 Å². The molecule has 17 heavy (non-hydrogen) atoms. The first-order chi connectivity index (χ1) is 8.26. The van der Waals surface area contributed by atoms with Crippen LogP contribution < -0.4 is 10.4 Å². The summed E-state index contributed by atoms with van der Waals surface area (Å²) in [7, 11) is 3.43. The van der Waals surface area contributed by atoms with Crippen molar-refractivity contribution in [2.75, 3.05) is 31.1 Å². The van der Waals surface area contributed by atoms with Crippen molar-refractivity contribution >= 4 is 22.8 Å². The Bertz CT molecular complexity index is 496. The molecular formula is C11H17N5O. The molecule has 0 aromatic carbocycles. The van der Waals surface area contributed by atoms with Crippen LogP contribution in [0.1, 0.15) is 13.3 Å². The molecule has 0 amide bonds. The molecule has 6 heteroatoms. The highest BCUT2D eigenvalue weighted by Crippen LogP contribution is 2.23. The average Bonchev–Trinajstić information content (AvgIpc) is 2.82. The maximum Gasteiger partial charge on any atom is 0.226 e. The summed E-state index contributed by atoms with van der Waals surface area (Å²) in [6.07, 6.45) is 2.87. The molecule has 2 heterocycles. The van der Waals surface area contributed by atoms with E-state index in [0.717, 1.165) is 29.8 Å². The van der Waals surface area contributed by atoms with Gasteiger partial charge in [0.25, 0.3) is 0 Å². The van der Waals surface area contributed by atoms with Gasteiger partial charge >= 0.3 is 0 Å². The Balaban J connectivity index is 2.43. The standard InChI is InChI=1S/C11H17N5O/c1-4-6-13-11-14-9-8(5-7-12-9)10(15-11)16(2)17-3/h5,7H,4,6H2,1-3H3,(H2,12,13,14,15). The minimum Gasteiger partial charge on any atom is -0.354 e. The van der Waals surface area contributed by atoms with Gasteiger partial charge in [0.05, 0.1) is 12.5 Å². The summed E-state index contributed by atoms with van der Waals surface area (Å²) in [4.78, 5) is 17.1. The van der Waals surface area contributed by atoms with Crippen LogP contribution in [0.2, 0.25) is 0 Å². The molecule has 0 spiro atoms. The number of hydrogen-bond donors (Lipinski definition) is 2.